The molecular formula is C10H17N3O6. The van der Waals surface area contributed by atoms with Gasteiger partial charge in [-0.3, -0.25) is 4.68 Å². The van der Waals surface area contributed by atoms with Crippen molar-refractivity contribution in [1.29, 1.82) is 0 Å². The van der Waals surface area contributed by atoms with E-state index in [1.54, 1.807) is 13.2 Å². The van der Waals surface area contributed by atoms with Gasteiger partial charge in [0.1, 0.15) is 30.1 Å². The number of hydrogen-bond donors (Lipinski definition) is 4. The minimum atomic E-state index is -1.45. The summed E-state index contributed by atoms with van der Waals surface area (Å²) in [6, 6.07) is 0. The zero-order valence-corrected chi connectivity index (χ0v) is 10.3. The van der Waals surface area contributed by atoms with Gasteiger partial charge in [0.05, 0.1) is 19.4 Å². The summed E-state index contributed by atoms with van der Waals surface area (Å²) in [6.45, 7) is -0.466. The SMILES string of the molecule is Cn1cc(CO[C@@H]2OC(CO)C(O)C(O)[C@@H]2O)nn1. The molecule has 2 rings (SSSR count). The zero-order chi connectivity index (χ0) is 14.0. The zero-order valence-electron chi connectivity index (χ0n) is 10.3. The van der Waals surface area contributed by atoms with Crippen LogP contribution < -0.4 is 0 Å². The normalized spacial score (nSPS) is 35.5. The van der Waals surface area contributed by atoms with E-state index < -0.39 is 37.3 Å². The van der Waals surface area contributed by atoms with Crippen LogP contribution in [0.15, 0.2) is 6.20 Å². The average Bonchev–Trinajstić information content (AvgIpc) is 2.81. The van der Waals surface area contributed by atoms with Gasteiger partial charge in [-0.1, -0.05) is 5.21 Å². The summed E-state index contributed by atoms with van der Waals surface area (Å²) in [5.74, 6) is 0. The van der Waals surface area contributed by atoms with Crippen molar-refractivity contribution >= 4 is 0 Å². The van der Waals surface area contributed by atoms with Crippen LogP contribution in [-0.2, 0) is 23.1 Å². The van der Waals surface area contributed by atoms with E-state index in [-0.39, 0.29) is 6.61 Å². The van der Waals surface area contributed by atoms with Gasteiger partial charge in [0, 0.05) is 7.05 Å². The molecule has 1 aromatic rings. The summed E-state index contributed by atoms with van der Waals surface area (Å²) in [5.41, 5.74) is 0.527. The van der Waals surface area contributed by atoms with Gasteiger partial charge in [-0.2, -0.15) is 0 Å². The van der Waals surface area contributed by atoms with E-state index in [4.69, 9.17) is 14.6 Å². The molecule has 0 radical (unpaired) electrons. The third kappa shape index (κ3) is 3.08. The van der Waals surface area contributed by atoms with Crippen LogP contribution in [-0.4, -0.2) is 72.7 Å². The minimum absolute atomic E-state index is 0.0243. The van der Waals surface area contributed by atoms with Crippen LogP contribution in [0.3, 0.4) is 0 Å². The Hall–Kier alpha value is -1.10. The molecule has 9 nitrogen and oxygen atoms in total. The highest BCUT2D eigenvalue weighted by Crippen LogP contribution is 2.22. The number of rotatable bonds is 4. The molecule has 2 heterocycles. The van der Waals surface area contributed by atoms with Crippen LogP contribution >= 0.6 is 0 Å². The van der Waals surface area contributed by atoms with Crippen LogP contribution in [0, 0.1) is 0 Å². The maximum atomic E-state index is 9.72. The van der Waals surface area contributed by atoms with Gasteiger partial charge in [0.25, 0.3) is 0 Å². The minimum Gasteiger partial charge on any atom is -0.394 e. The molecule has 9 heteroatoms. The molecule has 0 aromatic carbocycles. The molecule has 108 valence electrons. The summed E-state index contributed by atoms with van der Waals surface area (Å²) in [5, 5.41) is 45.4. The number of hydrogen-bond acceptors (Lipinski definition) is 8. The second kappa shape index (κ2) is 5.90. The number of aliphatic hydroxyl groups excluding tert-OH is 4. The number of aromatic nitrogens is 3. The highest BCUT2D eigenvalue weighted by atomic mass is 16.7. The van der Waals surface area contributed by atoms with Crippen LogP contribution in [0.25, 0.3) is 0 Å². The molecular weight excluding hydrogens is 258 g/mol. The maximum absolute atomic E-state index is 9.72. The van der Waals surface area contributed by atoms with E-state index in [1.165, 1.54) is 4.68 Å². The predicted molar refractivity (Wildman–Crippen MR) is 59.6 cm³/mol. The average molecular weight is 275 g/mol. The summed E-state index contributed by atoms with van der Waals surface area (Å²) < 4.78 is 11.9. The summed E-state index contributed by atoms with van der Waals surface area (Å²) in [7, 11) is 1.70. The monoisotopic (exact) mass is 275 g/mol. The van der Waals surface area contributed by atoms with Crippen LogP contribution in [0.5, 0.6) is 0 Å². The van der Waals surface area contributed by atoms with Crippen molar-refractivity contribution in [2.75, 3.05) is 6.61 Å². The topological polar surface area (TPSA) is 130 Å². The maximum Gasteiger partial charge on any atom is 0.187 e. The van der Waals surface area contributed by atoms with Gasteiger partial charge >= 0.3 is 0 Å². The Kier molecular flexibility index (Phi) is 4.45. The van der Waals surface area contributed by atoms with Crippen molar-refractivity contribution in [3.05, 3.63) is 11.9 Å². The highest BCUT2D eigenvalue weighted by molar-refractivity contribution is 4.91. The lowest BCUT2D eigenvalue weighted by atomic mass is 9.99. The lowest BCUT2D eigenvalue weighted by Gasteiger charge is -2.39. The Balaban J connectivity index is 1.95. The molecule has 4 N–H and O–H groups in total. The molecule has 1 saturated heterocycles. The van der Waals surface area contributed by atoms with E-state index in [2.05, 4.69) is 10.3 Å². The van der Waals surface area contributed by atoms with Crippen LogP contribution in [0.4, 0.5) is 0 Å². The van der Waals surface area contributed by atoms with Crippen molar-refractivity contribution in [2.45, 2.75) is 37.3 Å². The predicted octanol–water partition coefficient (Wildman–Crippen LogP) is -2.87. The standard InChI is InChI=1S/C10H17N3O6/c1-13-2-5(11-12-13)4-18-10-9(17)8(16)7(15)6(3-14)19-10/h2,6-10,14-17H,3-4H2,1H3/t6?,7?,8?,9-,10+/m0/s1. The van der Waals surface area contributed by atoms with Gasteiger partial charge < -0.3 is 29.9 Å². The molecule has 1 aliphatic rings. The van der Waals surface area contributed by atoms with Crippen molar-refractivity contribution in [3.63, 3.8) is 0 Å². The second-order valence-electron chi connectivity index (χ2n) is 4.39. The first kappa shape index (κ1) is 14.3. The van der Waals surface area contributed by atoms with E-state index in [1.807, 2.05) is 0 Å². The Morgan fingerprint density at radius 1 is 1.32 bits per heavy atom. The Morgan fingerprint density at radius 3 is 2.63 bits per heavy atom. The highest BCUT2D eigenvalue weighted by Gasteiger charge is 2.44. The molecule has 19 heavy (non-hydrogen) atoms. The number of ether oxygens (including phenoxy) is 2. The van der Waals surface area contributed by atoms with Crippen LogP contribution in [0.1, 0.15) is 5.69 Å². The Bertz CT molecular complexity index is 412. The Labute approximate surface area is 109 Å². The fourth-order valence-corrected chi connectivity index (χ4v) is 1.83. The third-order valence-electron chi connectivity index (χ3n) is 2.89. The number of aliphatic hydroxyl groups is 4. The van der Waals surface area contributed by atoms with Gasteiger partial charge in [-0.05, 0) is 0 Å². The quantitative estimate of drug-likeness (QED) is 0.461. The van der Waals surface area contributed by atoms with E-state index in [0.29, 0.717) is 5.69 Å². The number of nitrogens with zero attached hydrogens (tertiary/aromatic N) is 3. The van der Waals surface area contributed by atoms with Gasteiger partial charge in [0.2, 0.25) is 0 Å². The smallest absolute Gasteiger partial charge is 0.187 e. The van der Waals surface area contributed by atoms with Gasteiger partial charge in [0.15, 0.2) is 6.29 Å². The lowest BCUT2D eigenvalue weighted by Crippen LogP contribution is -2.59. The van der Waals surface area contributed by atoms with Crippen molar-refractivity contribution in [3.8, 4) is 0 Å². The first-order valence-electron chi connectivity index (χ1n) is 5.80. The molecule has 5 atom stereocenters. The molecule has 0 aliphatic carbocycles. The second-order valence-corrected chi connectivity index (χ2v) is 4.39. The van der Waals surface area contributed by atoms with E-state index in [0.717, 1.165) is 0 Å². The largest absolute Gasteiger partial charge is 0.394 e. The summed E-state index contributed by atoms with van der Waals surface area (Å²) in [6.07, 6.45) is -4.75. The first-order chi connectivity index (χ1) is 9.02. The summed E-state index contributed by atoms with van der Waals surface area (Å²) >= 11 is 0. The van der Waals surface area contributed by atoms with Crippen molar-refractivity contribution < 1.29 is 29.9 Å². The third-order valence-corrected chi connectivity index (χ3v) is 2.89. The molecule has 1 aromatic heterocycles. The first-order valence-corrected chi connectivity index (χ1v) is 5.80. The van der Waals surface area contributed by atoms with Crippen LogP contribution in [0.2, 0.25) is 0 Å². The van der Waals surface area contributed by atoms with Crippen molar-refractivity contribution in [2.24, 2.45) is 7.05 Å². The molecule has 0 spiro atoms. The fraction of sp³-hybridized carbons (Fsp3) is 0.800. The molecule has 0 saturated carbocycles. The molecule has 0 bridgehead atoms. The van der Waals surface area contributed by atoms with E-state index in [9.17, 15) is 15.3 Å². The molecule has 0 amide bonds. The summed E-state index contributed by atoms with van der Waals surface area (Å²) in [4.78, 5) is 0. The molecule has 1 aliphatic heterocycles. The van der Waals surface area contributed by atoms with Crippen molar-refractivity contribution in [1.82, 2.24) is 15.0 Å². The van der Waals surface area contributed by atoms with Gasteiger partial charge in [-0.25, -0.2) is 0 Å². The van der Waals surface area contributed by atoms with E-state index >= 15 is 0 Å². The fourth-order valence-electron chi connectivity index (χ4n) is 1.83. The molecule has 1 fully saturated rings. The lowest BCUT2D eigenvalue weighted by molar-refractivity contribution is -0.304. The Morgan fingerprint density at radius 2 is 2.05 bits per heavy atom. The number of aryl methyl sites for hydroxylation is 1. The molecule has 3 unspecified atom stereocenters. The van der Waals surface area contributed by atoms with Gasteiger partial charge in [-0.15, -0.1) is 5.10 Å².